The van der Waals surface area contributed by atoms with Crippen LogP contribution in [0.1, 0.15) is 33.6 Å². The molecule has 1 saturated heterocycles. The van der Waals surface area contributed by atoms with E-state index in [0.717, 1.165) is 32.5 Å². The Hall–Kier alpha value is -1.64. The van der Waals surface area contributed by atoms with E-state index in [1.807, 2.05) is 10.8 Å². The fourth-order valence-corrected chi connectivity index (χ4v) is 2.56. The Labute approximate surface area is 139 Å². The van der Waals surface area contributed by atoms with Gasteiger partial charge in [0.1, 0.15) is 12.7 Å². The maximum absolute atomic E-state index is 6.10. The lowest BCUT2D eigenvalue weighted by molar-refractivity contribution is 0.0195. The van der Waals surface area contributed by atoms with Crippen LogP contribution in [0.15, 0.2) is 24.8 Å². The van der Waals surface area contributed by atoms with Crippen molar-refractivity contribution >= 4 is 0 Å². The van der Waals surface area contributed by atoms with Crippen LogP contribution < -0.4 is 0 Å². The third-order valence-corrected chi connectivity index (χ3v) is 3.63. The molecule has 0 amide bonds. The zero-order chi connectivity index (χ0) is 16.7. The molecule has 0 bridgehead atoms. The second kappa shape index (κ2) is 8.28. The van der Waals surface area contributed by atoms with Crippen molar-refractivity contribution in [3.8, 4) is 11.8 Å². The molecule has 2 heterocycles. The van der Waals surface area contributed by atoms with Crippen molar-refractivity contribution in [3.63, 3.8) is 0 Å². The van der Waals surface area contributed by atoms with Crippen molar-refractivity contribution in [1.29, 1.82) is 0 Å². The summed E-state index contributed by atoms with van der Waals surface area (Å²) in [6.45, 7) is 8.99. The van der Waals surface area contributed by atoms with Gasteiger partial charge in [-0.15, -0.1) is 0 Å². The van der Waals surface area contributed by atoms with Gasteiger partial charge in [0, 0.05) is 18.5 Å². The first-order valence-electron chi connectivity index (χ1n) is 8.26. The van der Waals surface area contributed by atoms with Gasteiger partial charge in [0.2, 0.25) is 0 Å². The molecular weight excluding hydrogens is 288 g/mol. The van der Waals surface area contributed by atoms with Gasteiger partial charge in [0.05, 0.1) is 18.8 Å². The average Bonchev–Trinajstić information content (AvgIpc) is 3.10. The van der Waals surface area contributed by atoms with E-state index in [2.05, 4.69) is 60.7 Å². The number of likely N-dealkylation sites (N-methyl/N-ethyl adjacent to an activating group) is 1. The maximum atomic E-state index is 6.10. The van der Waals surface area contributed by atoms with E-state index >= 15 is 0 Å². The highest BCUT2D eigenvalue weighted by atomic mass is 16.5. The SMILES string of the molecule is CN(CC=CC#CC(C)(C)C)CC1CCC(Cn2cncn2)O1. The van der Waals surface area contributed by atoms with Crippen LogP contribution in [0.25, 0.3) is 0 Å². The second-order valence-electron chi connectivity index (χ2n) is 7.22. The summed E-state index contributed by atoms with van der Waals surface area (Å²) in [5.41, 5.74) is 0.0625. The fourth-order valence-electron chi connectivity index (χ4n) is 2.56. The molecule has 2 atom stereocenters. The Kier molecular flexibility index (Phi) is 6.37. The average molecular weight is 316 g/mol. The van der Waals surface area contributed by atoms with Gasteiger partial charge in [-0.05, 0) is 46.7 Å². The molecule has 0 aromatic carbocycles. The zero-order valence-corrected chi connectivity index (χ0v) is 14.7. The summed E-state index contributed by atoms with van der Waals surface area (Å²) >= 11 is 0. The zero-order valence-electron chi connectivity index (χ0n) is 14.7. The minimum Gasteiger partial charge on any atom is -0.372 e. The molecule has 5 heteroatoms. The molecule has 1 aromatic heterocycles. The number of allylic oxidation sites excluding steroid dienone is 1. The predicted octanol–water partition coefficient (Wildman–Crippen LogP) is 2.36. The van der Waals surface area contributed by atoms with E-state index in [-0.39, 0.29) is 11.5 Å². The third-order valence-electron chi connectivity index (χ3n) is 3.63. The molecular formula is C18H28N4O. The highest BCUT2D eigenvalue weighted by Crippen LogP contribution is 2.21. The van der Waals surface area contributed by atoms with Crippen LogP contribution in [0.5, 0.6) is 0 Å². The molecule has 0 saturated carbocycles. The summed E-state index contributed by atoms with van der Waals surface area (Å²) in [6, 6.07) is 0. The normalized spacial score (nSPS) is 21.8. The molecule has 5 nitrogen and oxygen atoms in total. The second-order valence-corrected chi connectivity index (χ2v) is 7.22. The highest BCUT2D eigenvalue weighted by molar-refractivity contribution is 5.19. The molecule has 0 aliphatic carbocycles. The van der Waals surface area contributed by atoms with Gasteiger partial charge in [0.15, 0.2) is 0 Å². The van der Waals surface area contributed by atoms with Crippen LogP contribution in [0.4, 0.5) is 0 Å². The van der Waals surface area contributed by atoms with Crippen LogP contribution in [0.2, 0.25) is 0 Å². The van der Waals surface area contributed by atoms with Crippen molar-refractivity contribution < 1.29 is 4.74 Å². The fraction of sp³-hybridized carbons (Fsp3) is 0.667. The monoisotopic (exact) mass is 316 g/mol. The van der Waals surface area contributed by atoms with E-state index in [0.29, 0.717) is 6.10 Å². The summed E-state index contributed by atoms with van der Waals surface area (Å²) in [5, 5.41) is 4.13. The van der Waals surface area contributed by atoms with Gasteiger partial charge in [-0.3, -0.25) is 4.68 Å². The Balaban J connectivity index is 1.66. The summed E-state index contributed by atoms with van der Waals surface area (Å²) in [4.78, 5) is 6.24. The molecule has 1 fully saturated rings. The van der Waals surface area contributed by atoms with E-state index in [9.17, 15) is 0 Å². The van der Waals surface area contributed by atoms with Gasteiger partial charge >= 0.3 is 0 Å². The molecule has 2 rings (SSSR count). The Morgan fingerprint density at radius 3 is 2.83 bits per heavy atom. The van der Waals surface area contributed by atoms with Gasteiger partial charge in [-0.2, -0.15) is 5.10 Å². The molecule has 0 N–H and O–H groups in total. The standard InChI is InChI=1S/C18H28N4O/c1-18(2,3)10-6-5-7-11-21(4)12-16-8-9-17(23-16)13-22-15-19-14-20-22/h5,7,14-17H,8-9,11-13H2,1-4H3. The van der Waals surface area contributed by atoms with Crippen LogP contribution in [-0.2, 0) is 11.3 Å². The largest absolute Gasteiger partial charge is 0.372 e. The summed E-state index contributed by atoms with van der Waals surface area (Å²) < 4.78 is 7.94. The van der Waals surface area contributed by atoms with E-state index in [1.165, 1.54) is 0 Å². The van der Waals surface area contributed by atoms with Gasteiger partial charge in [0.25, 0.3) is 0 Å². The van der Waals surface area contributed by atoms with Crippen LogP contribution in [0.3, 0.4) is 0 Å². The number of hydrogen-bond donors (Lipinski definition) is 0. The maximum Gasteiger partial charge on any atom is 0.137 e. The molecule has 126 valence electrons. The van der Waals surface area contributed by atoms with Crippen molar-refractivity contribution in [2.24, 2.45) is 5.41 Å². The lowest BCUT2D eigenvalue weighted by Gasteiger charge is -2.20. The van der Waals surface area contributed by atoms with Gasteiger partial charge < -0.3 is 9.64 Å². The Morgan fingerprint density at radius 2 is 2.13 bits per heavy atom. The molecule has 1 aromatic rings. The number of nitrogens with zero attached hydrogens (tertiary/aromatic N) is 4. The Morgan fingerprint density at radius 1 is 1.35 bits per heavy atom. The van der Waals surface area contributed by atoms with Crippen molar-refractivity contribution in [2.45, 2.75) is 52.4 Å². The van der Waals surface area contributed by atoms with E-state index < -0.39 is 0 Å². The Bertz CT molecular complexity index is 548. The van der Waals surface area contributed by atoms with Crippen molar-refractivity contribution in [3.05, 3.63) is 24.8 Å². The minimum atomic E-state index is 0.0625. The smallest absolute Gasteiger partial charge is 0.137 e. The van der Waals surface area contributed by atoms with Crippen molar-refractivity contribution in [1.82, 2.24) is 19.7 Å². The lowest BCUT2D eigenvalue weighted by atomic mass is 9.98. The van der Waals surface area contributed by atoms with Crippen LogP contribution >= 0.6 is 0 Å². The quantitative estimate of drug-likeness (QED) is 0.756. The third kappa shape index (κ3) is 6.98. The lowest BCUT2D eigenvalue weighted by Crippen LogP contribution is -2.30. The summed E-state index contributed by atoms with van der Waals surface area (Å²) in [6.07, 6.45) is 10.1. The van der Waals surface area contributed by atoms with Crippen molar-refractivity contribution in [2.75, 3.05) is 20.1 Å². The number of ether oxygens (including phenoxy) is 1. The van der Waals surface area contributed by atoms with Crippen LogP contribution in [0, 0.1) is 17.3 Å². The summed E-state index contributed by atoms with van der Waals surface area (Å²) in [5.74, 6) is 6.30. The predicted molar refractivity (Wildman–Crippen MR) is 91.8 cm³/mol. The van der Waals surface area contributed by atoms with Crippen LogP contribution in [-0.4, -0.2) is 52.0 Å². The van der Waals surface area contributed by atoms with Gasteiger partial charge in [-0.1, -0.05) is 17.9 Å². The number of hydrogen-bond acceptors (Lipinski definition) is 4. The topological polar surface area (TPSA) is 43.2 Å². The molecule has 1 aliphatic rings. The van der Waals surface area contributed by atoms with Gasteiger partial charge in [-0.25, -0.2) is 4.98 Å². The molecule has 0 spiro atoms. The first-order chi connectivity index (χ1) is 10.9. The first kappa shape index (κ1) is 17.7. The number of aromatic nitrogens is 3. The molecule has 2 unspecified atom stereocenters. The van der Waals surface area contributed by atoms with E-state index in [4.69, 9.17) is 4.74 Å². The van der Waals surface area contributed by atoms with E-state index in [1.54, 1.807) is 12.7 Å². The summed E-state index contributed by atoms with van der Waals surface area (Å²) in [7, 11) is 2.12. The minimum absolute atomic E-state index is 0.0625. The molecule has 1 aliphatic heterocycles. The molecule has 23 heavy (non-hydrogen) atoms. The highest BCUT2D eigenvalue weighted by Gasteiger charge is 2.26. The molecule has 0 radical (unpaired) electrons. The first-order valence-corrected chi connectivity index (χ1v) is 8.26. The number of rotatable bonds is 6.